The van der Waals surface area contributed by atoms with E-state index in [0.29, 0.717) is 5.69 Å². The van der Waals surface area contributed by atoms with E-state index < -0.39 is 16.0 Å². The van der Waals surface area contributed by atoms with Crippen LogP contribution < -0.4 is 4.72 Å². The lowest BCUT2D eigenvalue weighted by Gasteiger charge is -2.09. The number of hydrogen-bond acceptors (Lipinski definition) is 4. The summed E-state index contributed by atoms with van der Waals surface area (Å²) >= 11 is 0. The minimum atomic E-state index is -3.74. The molecule has 5 nitrogen and oxygen atoms in total. The van der Waals surface area contributed by atoms with Crippen molar-refractivity contribution in [1.82, 2.24) is 0 Å². The minimum absolute atomic E-state index is 0.0110. The zero-order valence-corrected chi connectivity index (χ0v) is 12.3. The summed E-state index contributed by atoms with van der Waals surface area (Å²) in [6, 6.07) is 14.3. The van der Waals surface area contributed by atoms with Gasteiger partial charge in [-0.15, -0.1) is 0 Å². The van der Waals surface area contributed by atoms with E-state index in [0.717, 1.165) is 0 Å². The van der Waals surface area contributed by atoms with Crippen molar-refractivity contribution in [2.24, 2.45) is 0 Å². The van der Waals surface area contributed by atoms with E-state index in [9.17, 15) is 13.2 Å². The minimum Gasteiger partial charge on any atom is -0.462 e. The molecule has 0 saturated carbocycles. The van der Waals surface area contributed by atoms with Gasteiger partial charge in [-0.25, -0.2) is 13.2 Å². The number of nitrogens with one attached hydrogen (secondary N) is 1. The predicted molar refractivity (Wildman–Crippen MR) is 79.6 cm³/mol. The van der Waals surface area contributed by atoms with Crippen LogP contribution in [0.1, 0.15) is 17.3 Å². The SMILES string of the molecule is CCOC(=O)c1cccc(S(=O)(=O)Nc2ccccc2)c1. The summed E-state index contributed by atoms with van der Waals surface area (Å²) in [5.41, 5.74) is 0.659. The molecule has 0 aliphatic heterocycles. The maximum Gasteiger partial charge on any atom is 0.338 e. The average molecular weight is 305 g/mol. The molecule has 0 aromatic heterocycles. The van der Waals surface area contributed by atoms with Crippen LogP contribution in [0.2, 0.25) is 0 Å². The molecule has 21 heavy (non-hydrogen) atoms. The molecule has 0 unspecified atom stereocenters. The van der Waals surface area contributed by atoms with Crippen LogP contribution in [0.5, 0.6) is 0 Å². The van der Waals surface area contributed by atoms with Gasteiger partial charge in [0.2, 0.25) is 0 Å². The zero-order valence-electron chi connectivity index (χ0n) is 11.4. The Hall–Kier alpha value is -2.34. The second-order valence-electron chi connectivity index (χ2n) is 4.22. The molecule has 0 radical (unpaired) electrons. The second-order valence-corrected chi connectivity index (χ2v) is 5.90. The summed E-state index contributed by atoms with van der Waals surface area (Å²) in [4.78, 5) is 11.7. The molecule has 110 valence electrons. The van der Waals surface area contributed by atoms with E-state index in [1.807, 2.05) is 0 Å². The van der Waals surface area contributed by atoms with Crippen LogP contribution in [-0.4, -0.2) is 21.0 Å². The van der Waals surface area contributed by atoms with E-state index in [4.69, 9.17) is 4.74 Å². The van der Waals surface area contributed by atoms with Crippen molar-refractivity contribution in [3.63, 3.8) is 0 Å². The van der Waals surface area contributed by atoms with Crippen LogP contribution in [0.15, 0.2) is 59.5 Å². The molecule has 0 amide bonds. The molecule has 1 N–H and O–H groups in total. The molecule has 2 aromatic carbocycles. The number of rotatable bonds is 5. The highest BCUT2D eigenvalue weighted by atomic mass is 32.2. The molecule has 0 saturated heterocycles. The van der Waals surface area contributed by atoms with Gasteiger partial charge in [0, 0.05) is 5.69 Å². The highest BCUT2D eigenvalue weighted by Gasteiger charge is 2.16. The van der Waals surface area contributed by atoms with E-state index in [2.05, 4.69) is 4.72 Å². The number of carbonyl (C=O) groups excluding carboxylic acids is 1. The van der Waals surface area contributed by atoms with Crippen molar-refractivity contribution in [1.29, 1.82) is 0 Å². The largest absolute Gasteiger partial charge is 0.462 e. The highest BCUT2D eigenvalue weighted by molar-refractivity contribution is 7.92. The van der Waals surface area contributed by atoms with Crippen molar-refractivity contribution in [2.45, 2.75) is 11.8 Å². The number of para-hydroxylation sites is 1. The summed E-state index contributed by atoms with van der Waals surface area (Å²) in [5.74, 6) is -0.547. The summed E-state index contributed by atoms with van der Waals surface area (Å²) in [5, 5.41) is 0. The summed E-state index contributed by atoms with van der Waals surface area (Å²) in [6.45, 7) is 1.92. The van der Waals surface area contributed by atoms with Crippen LogP contribution >= 0.6 is 0 Å². The van der Waals surface area contributed by atoms with Crippen LogP contribution in [-0.2, 0) is 14.8 Å². The molecular formula is C15H15NO4S. The summed E-state index contributed by atoms with van der Waals surface area (Å²) < 4.78 is 31.9. The molecule has 0 heterocycles. The van der Waals surface area contributed by atoms with Gasteiger partial charge in [0.1, 0.15) is 0 Å². The number of sulfonamides is 1. The van der Waals surface area contributed by atoms with Gasteiger partial charge in [0.25, 0.3) is 10.0 Å². The van der Waals surface area contributed by atoms with E-state index >= 15 is 0 Å². The maximum atomic E-state index is 12.3. The first-order chi connectivity index (χ1) is 10.0. The summed E-state index contributed by atoms with van der Waals surface area (Å²) in [6.07, 6.45) is 0. The molecular weight excluding hydrogens is 290 g/mol. The fraction of sp³-hybridized carbons (Fsp3) is 0.133. The Balaban J connectivity index is 2.28. The first-order valence-electron chi connectivity index (χ1n) is 6.38. The van der Waals surface area contributed by atoms with Gasteiger partial charge in [-0.1, -0.05) is 24.3 Å². The standard InChI is InChI=1S/C15H15NO4S/c1-2-20-15(17)12-7-6-10-14(11-12)21(18,19)16-13-8-4-3-5-9-13/h3-11,16H,2H2,1H3. The van der Waals surface area contributed by atoms with Gasteiger partial charge in [-0.3, -0.25) is 4.72 Å². The van der Waals surface area contributed by atoms with Crippen molar-refractivity contribution in [3.8, 4) is 0 Å². The van der Waals surface area contributed by atoms with E-state index in [1.54, 1.807) is 37.3 Å². The Kier molecular flexibility index (Phi) is 4.59. The van der Waals surface area contributed by atoms with Crippen molar-refractivity contribution < 1.29 is 17.9 Å². The number of anilines is 1. The van der Waals surface area contributed by atoms with Gasteiger partial charge < -0.3 is 4.74 Å². The lowest BCUT2D eigenvalue weighted by Crippen LogP contribution is -2.14. The smallest absolute Gasteiger partial charge is 0.338 e. The lowest BCUT2D eigenvalue weighted by atomic mass is 10.2. The van der Waals surface area contributed by atoms with Gasteiger partial charge in [0.05, 0.1) is 17.1 Å². The summed E-state index contributed by atoms with van der Waals surface area (Å²) in [7, 11) is -3.74. The molecule has 0 atom stereocenters. The molecule has 2 aromatic rings. The third kappa shape index (κ3) is 3.82. The van der Waals surface area contributed by atoms with Gasteiger partial charge in [0.15, 0.2) is 0 Å². The number of benzene rings is 2. The van der Waals surface area contributed by atoms with E-state index in [-0.39, 0.29) is 17.1 Å². The third-order valence-electron chi connectivity index (χ3n) is 2.68. The quantitative estimate of drug-likeness (QED) is 0.862. The Bertz CT molecular complexity index is 726. The van der Waals surface area contributed by atoms with Gasteiger partial charge in [-0.2, -0.15) is 0 Å². The highest BCUT2D eigenvalue weighted by Crippen LogP contribution is 2.17. The Morgan fingerprint density at radius 1 is 1.10 bits per heavy atom. The van der Waals surface area contributed by atoms with Crippen molar-refractivity contribution >= 4 is 21.7 Å². The van der Waals surface area contributed by atoms with Crippen LogP contribution in [0.3, 0.4) is 0 Å². The predicted octanol–water partition coefficient (Wildman–Crippen LogP) is 2.66. The Morgan fingerprint density at radius 3 is 2.48 bits per heavy atom. The molecule has 2 rings (SSSR count). The number of carbonyl (C=O) groups is 1. The number of esters is 1. The topological polar surface area (TPSA) is 72.5 Å². The van der Waals surface area contributed by atoms with Gasteiger partial charge >= 0.3 is 5.97 Å². The van der Waals surface area contributed by atoms with Crippen molar-refractivity contribution in [2.75, 3.05) is 11.3 Å². The molecule has 6 heteroatoms. The van der Waals surface area contributed by atoms with Crippen molar-refractivity contribution in [3.05, 3.63) is 60.2 Å². The van der Waals surface area contributed by atoms with E-state index in [1.165, 1.54) is 24.3 Å². The first-order valence-corrected chi connectivity index (χ1v) is 7.86. The molecule has 0 aliphatic carbocycles. The Morgan fingerprint density at radius 2 is 1.81 bits per heavy atom. The first kappa shape index (κ1) is 15.1. The second kappa shape index (κ2) is 6.41. The zero-order chi connectivity index (χ0) is 15.3. The Labute approximate surface area is 123 Å². The molecule has 0 spiro atoms. The monoisotopic (exact) mass is 305 g/mol. The molecule has 0 bridgehead atoms. The van der Waals surface area contributed by atoms with Crippen LogP contribution in [0, 0.1) is 0 Å². The lowest BCUT2D eigenvalue weighted by molar-refractivity contribution is 0.0526. The van der Waals surface area contributed by atoms with Gasteiger partial charge in [-0.05, 0) is 37.3 Å². The van der Waals surface area contributed by atoms with Crippen LogP contribution in [0.4, 0.5) is 5.69 Å². The normalized spacial score (nSPS) is 10.9. The fourth-order valence-electron chi connectivity index (χ4n) is 1.72. The fourth-order valence-corrected chi connectivity index (χ4v) is 2.83. The molecule has 0 fully saturated rings. The maximum absolute atomic E-state index is 12.3. The number of ether oxygens (including phenoxy) is 1. The number of hydrogen-bond donors (Lipinski definition) is 1. The molecule has 0 aliphatic rings. The van der Waals surface area contributed by atoms with Crippen LogP contribution in [0.25, 0.3) is 0 Å². The third-order valence-corrected chi connectivity index (χ3v) is 4.06. The average Bonchev–Trinajstić information content (AvgIpc) is 2.48.